The second kappa shape index (κ2) is 6.03. The van der Waals surface area contributed by atoms with Crippen molar-refractivity contribution in [2.75, 3.05) is 0 Å². The molecule has 0 saturated carbocycles. The van der Waals surface area contributed by atoms with Crippen LogP contribution in [0.4, 0.5) is 4.39 Å². The highest BCUT2D eigenvalue weighted by Gasteiger charge is 2.20. The number of aliphatic imine (C=N–C) groups is 1. The van der Waals surface area contributed by atoms with Gasteiger partial charge in [0.2, 0.25) is 0 Å². The van der Waals surface area contributed by atoms with Crippen LogP contribution in [0, 0.1) is 5.82 Å². The minimum atomic E-state index is -0.311. The Kier molecular flexibility index (Phi) is 4.04. The molecule has 1 atom stereocenters. The predicted octanol–water partition coefficient (Wildman–Crippen LogP) is 1.84. The van der Waals surface area contributed by atoms with Crippen LogP contribution in [0.3, 0.4) is 0 Å². The number of hydrazine groups is 1. The van der Waals surface area contributed by atoms with Crippen LogP contribution in [0.25, 0.3) is 16.5 Å². The normalized spacial score (nSPS) is 18.3. The Morgan fingerprint density at radius 3 is 2.75 bits per heavy atom. The van der Waals surface area contributed by atoms with Gasteiger partial charge in [0.25, 0.3) is 0 Å². The standard InChI is InChI=1S/C17H19FN6/c1-9(17-23-15(10(2)19)7-16(20)24(17)21)12-5-11-6-13(18)3-4-14(11)22-8-12/h3-8,10H,19-21H2,1-2H3/b17-9+. The number of hydrogen-bond acceptors (Lipinski definition) is 6. The summed E-state index contributed by atoms with van der Waals surface area (Å²) in [5.41, 5.74) is 14.8. The Bertz CT molecular complexity index is 897. The van der Waals surface area contributed by atoms with Crippen molar-refractivity contribution in [2.24, 2.45) is 22.3 Å². The highest BCUT2D eigenvalue weighted by molar-refractivity contribution is 6.01. The fourth-order valence-electron chi connectivity index (χ4n) is 2.49. The van der Waals surface area contributed by atoms with Gasteiger partial charge in [0.15, 0.2) is 5.82 Å². The van der Waals surface area contributed by atoms with Gasteiger partial charge in [-0.15, -0.1) is 0 Å². The van der Waals surface area contributed by atoms with E-state index in [1.54, 1.807) is 18.3 Å². The number of halogens is 1. The molecule has 2 heterocycles. The van der Waals surface area contributed by atoms with E-state index in [9.17, 15) is 4.39 Å². The number of fused-ring (bicyclic) bond motifs is 1. The molecule has 1 unspecified atom stereocenters. The molecule has 1 aromatic carbocycles. The summed E-state index contributed by atoms with van der Waals surface area (Å²) in [6.07, 6.45) is 3.35. The van der Waals surface area contributed by atoms with E-state index in [1.807, 2.05) is 19.9 Å². The molecule has 1 aliphatic heterocycles. The lowest BCUT2D eigenvalue weighted by Crippen LogP contribution is -2.39. The van der Waals surface area contributed by atoms with Crippen molar-refractivity contribution in [3.05, 3.63) is 59.6 Å². The highest BCUT2D eigenvalue weighted by atomic mass is 19.1. The lowest BCUT2D eigenvalue weighted by molar-refractivity contribution is 0.436. The molecule has 6 N–H and O–H groups in total. The molecule has 124 valence electrons. The van der Waals surface area contributed by atoms with Gasteiger partial charge >= 0.3 is 0 Å². The molecule has 0 fully saturated rings. The van der Waals surface area contributed by atoms with Crippen molar-refractivity contribution in [3.63, 3.8) is 0 Å². The quantitative estimate of drug-likeness (QED) is 0.730. The number of nitrogens with zero attached hydrogens (tertiary/aromatic N) is 3. The van der Waals surface area contributed by atoms with Crippen molar-refractivity contribution < 1.29 is 4.39 Å². The molecule has 0 radical (unpaired) electrons. The molecule has 0 saturated heterocycles. The summed E-state index contributed by atoms with van der Waals surface area (Å²) in [7, 11) is 0. The zero-order valence-electron chi connectivity index (χ0n) is 13.5. The number of rotatable bonds is 2. The summed E-state index contributed by atoms with van der Waals surface area (Å²) in [6.45, 7) is 3.68. The lowest BCUT2D eigenvalue weighted by Gasteiger charge is -2.26. The van der Waals surface area contributed by atoms with Gasteiger partial charge in [-0.2, -0.15) is 0 Å². The zero-order valence-corrected chi connectivity index (χ0v) is 13.5. The van der Waals surface area contributed by atoms with Crippen LogP contribution in [-0.4, -0.2) is 21.7 Å². The topological polar surface area (TPSA) is 107 Å². The summed E-state index contributed by atoms with van der Waals surface area (Å²) in [6, 6.07) is 6.03. The number of nitrogens with two attached hydrogens (primary N) is 3. The number of pyridine rings is 1. The van der Waals surface area contributed by atoms with E-state index in [1.165, 1.54) is 17.1 Å². The van der Waals surface area contributed by atoms with Gasteiger partial charge in [0, 0.05) is 34.8 Å². The smallest absolute Gasteiger partial charge is 0.152 e. The molecule has 6 nitrogen and oxygen atoms in total. The van der Waals surface area contributed by atoms with Crippen molar-refractivity contribution in [2.45, 2.75) is 19.9 Å². The first-order chi connectivity index (χ1) is 11.4. The van der Waals surface area contributed by atoms with E-state index in [2.05, 4.69) is 9.98 Å². The Labute approximate surface area is 139 Å². The zero-order chi connectivity index (χ0) is 17.4. The van der Waals surface area contributed by atoms with Crippen molar-refractivity contribution in [1.82, 2.24) is 9.99 Å². The van der Waals surface area contributed by atoms with Crippen molar-refractivity contribution in [1.29, 1.82) is 0 Å². The van der Waals surface area contributed by atoms with Gasteiger partial charge in [-0.3, -0.25) is 4.98 Å². The average molecular weight is 326 g/mol. The highest BCUT2D eigenvalue weighted by Crippen LogP contribution is 2.26. The molecule has 0 amide bonds. The summed E-state index contributed by atoms with van der Waals surface area (Å²) < 4.78 is 13.4. The van der Waals surface area contributed by atoms with Crippen LogP contribution in [0.15, 0.2) is 53.2 Å². The molecule has 7 heteroatoms. The monoisotopic (exact) mass is 326 g/mol. The SMILES string of the molecule is C/C(=C1/N=C(C(C)N)C=C(N)N1N)c1cnc2ccc(F)cc2c1. The van der Waals surface area contributed by atoms with Gasteiger partial charge in [0.1, 0.15) is 11.6 Å². The average Bonchev–Trinajstić information content (AvgIpc) is 2.55. The molecule has 1 aromatic heterocycles. The first-order valence-electron chi connectivity index (χ1n) is 7.49. The molecule has 0 spiro atoms. The van der Waals surface area contributed by atoms with E-state index in [-0.39, 0.29) is 11.9 Å². The molecule has 3 rings (SSSR count). The van der Waals surface area contributed by atoms with Crippen LogP contribution in [-0.2, 0) is 0 Å². The van der Waals surface area contributed by atoms with Gasteiger partial charge in [-0.1, -0.05) is 0 Å². The molecule has 0 bridgehead atoms. The fourth-order valence-corrected chi connectivity index (χ4v) is 2.49. The van der Waals surface area contributed by atoms with E-state index in [0.717, 1.165) is 11.1 Å². The van der Waals surface area contributed by atoms with Crippen molar-refractivity contribution in [3.8, 4) is 0 Å². The largest absolute Gasteiger partial charge is 0.384 e. The third-order valence-electron chi connectivity index (χ3n) is 3.92. The number of allylic oxidation sites excluding steroid dienone is 1. The lowest BCUT2D eigenvalue weighted by atomic mass is 10.1. The summed E-state index contributed by atoms with van der Waals surface area (Å²) in [5.74, 6) is 6.54. The molecule has 24 heavy (non-hydrogen) atoms. The maximum Gasteiger partial charge on any atom is 0.152 e. The van der Waals surface area contributed by atoms with Gasteiger partial charge in [-0.05, 0) is 38.1 Å². The fraction of sp³-hybridized carbons (Fsp3) is 0.176. The maximum absolute atomic E-state index is 13.4. The molecule has 0 aliphatic carbocycles. The summed E-state index contributed by atoms with van der Waals surface area (Å²) in [5, 5.41) is 2.00. The molecule has 2 aromatic rings. The second-order valence-corrected chi connectivity index (χ2v) is 5.77. The Hall–Kier alpha value is -2.77. The van der Waals surface area contributed by atoms with E-state index in [0.29, 0.717) is 28.3 Å². The summed E-state index contributed by atoms with van der Waals surface area (Å²) in [4.78, 5) is 8.86. The first kappa shape index (κ1) is 16.1. The molecular weight excluding hydrogens is 307 g/mol. The predicted molar refractivity (Wildman–Crippen MR) is 93.7 cm³/mol. The summed E-state index contributed by atoms with van der Waals surface area (Å²) >= 11 is 0. The van der Waals surface area contributed by atoms with Gasteiger partial charge in [0.05, 0.1) is 11.2 Å². The Balaban J connectivity index is 2.13. The van der Waals surface area contributed by atoms with E-state index >= 15 is 0 Å². The van der Waals surface area contributed by atoms with Crippen LogP contribution < -0.4 is 17.3 Å². The van der Waals surface area contributed by atoms with Crippen LogP contribution >= 0.6 is 0 Å². The van der Waals surface area contributed by atoms with E-state index < -0.39 is 0 Å². The Morgan fingerprint density at radius 1 is 1.29 bits per heavy atom. The molecular formula is C17H19FN6. The third kappa shape index (κ3) is 2.86. The van der Waals surface area contributed by atoms with Gasteiger partial charge in [-0.25, -0.2) is 20.2 Å². The minimum absolute atomic E-state index is 0.274. The first-order valence-corrected chi connectivity index (χ1v) is 7.49. The van der Waals surface area contributed by atoms with Crippen LogP contribution in [0.2, 0.25) is 0 Å². The number of benzene rings is 1. The molecule has 1 aliphatic rings. The van der Waals surface area contributed by atoms with E-state index in [4.69, 9.17) is 17.3 Å². The van der Waals surface area contributed by atoms with Crippen LogP contribution in [0.1, 0.15) is 19.4 Å². The number of hydrogen-bond donors (Lipinski definition) is 3. The Morgan fingerprint density at radius 2 is 2.04 bits per heavy atom. The minimum Gasteiger partial charge on any atom is -0.384 e. The van der Waals surface area contributed by atoms with Crippen LogP contribution in [0.5, 0.6) is 0 Å². The van der Waals surface area contributed by atoms with Gasteiger partial charge < -0.3 is 11.5 Å². The number of aromatic nitrogens is 1. The van der Waals surface area contributed by atoms with Crippen molar-refractivity contribution >= 4 is 22.2 Å². The second-order valence-electron chi connectivity index (χ2n) is 5.77. The third-order valence-corrected chi connectivity index (χ3v) is 3.92. The maximum atomic E-state index is 13.4.